The van der Waals surface area contributed by atoms with Crippen LogP contribution in [0.1, 0.15) is 13.8 Å². The Morgan fingerprint density at radius 1 is 1.42 bits per heavy atom. The highest BCUT2D eigenvalue weighted by Crippen LogP contribution is 2.43. The maximum Gasteiger partial charge on any atom is 0.0915 e. The summed E-state index contributed by atoms with van der Waals surface area (Å²) >= 11 is 3.46. The molecule has 0 aromatic heterocycles. The molecule has 1 N–H and O–H groups in total. The Labute approximate surface area is 80.7 Å². The molecule has 2 rings (SSSR count). The second-order valence-electron chi connectivity index (χ2n) is 4.12. The van der Waals surface area contributed by atoms with E-state index in [2.05, 4.69) is 22.0 Å². The zero-order valence-corrected chi connectivity index (χ0v) is 8.78. The lowest BCUT2D eigenvalue weighted by molar-refractivity contribution is -0.121. The molecule has 0 aliphatic carbocycles. The van der Waals surface area contributed by atoms with Crippen molar-refractivity contribution in [2.75, 3.05) is 0 Å². The highest BCUT2D eigenvalue weighted by atomic mass is 79.9. The van der Waals surface area contributed by atoms with Crippen LogP contribution in [0.25, 0.3) is 0 Å². The van der Waals surface area contributed by atoms with Gasteiger partial charge in [0.25, 0.3) is 0 Å². The number of hydrogen-bond acceptors (Lipinski definition) is 2. The van der Waals surface area contributed by atoms with Crippen molar-refractivity contribution in [1.82, 2.24) is 0 Å². The van der Waals surface area contributed by atoms with Crippen molar-refractivity contribution in [3.05, 3.63) is 12.2 Å². The van der Waals surface area contributed by atoms with E-state index in [-0.39, 0.29) is 28.6 Å². The minimum absolute atomic E-state index is 0.0301. The van der Waals surface area contributed by atoms with Crippen molar-refractivity contribution in [3.63, 3.8) is 0 Å². The standard InChI is InChI=1S/C9H13BrO2/c1-9(2)6-4-3-5(12-6)7(10)8(9)11/h3-8,11H,1-2H3/t5-,6+,7+,8+/m0/s1. The summed E-state index contributed by atoms with van der Waals surface area (Å²) in [7, 11) is 0. The van der Waals surface area contributed by atoms with Crippen molar-refractivity contribution in [2.45, 2.75) is 37.0 Å². The summed E-state index contributed by atoms with van der Waals surface area (Å²) in [6.07, 6.45) is 3.87. The van der Waals surface area contributed by atoms with Crippen LogP contribution in [0.15, 0.2) is 12.2 Å². The lowest BCUT2D eigenvalue weighted by Crippen LogP contribution is -2.53. The van der Waals surface area contributed by atoms with Crippen LogP contribution in [0.2, 0.25) is 0 Å². The molecule has 2 aliphatic heterocycles. The van der Waals surface area contributed by atoms with Gasteiger partial charge >= 0.3 is 0 Å². The first-order valence-electron chi connectivity index (χ1n) is 4.19. The zero-order valence-electron chi connectivity index (χ0n) is 7.20. The Morgan fingerprint density at radius 2 is 2.08 bits per heavy atom. The van der Waals surface area contributed by atoms with Gasteiger partial charge in [0.1, 0.15) is 0 Å². The van der Waals surface area contributed by atoms with Crippen LogP contribution >= 0.6 is 15.9 Å². The second kappa shape index (κ2) is 2.56. The van der Waals surface area contributed by atoms with E-state index in [9.17, 15) is 5.11 Å². The lowest BCUT2D eigenvalue weighted by atomic mass is 9.78. The van der Waals surface area contributed by atoms with Crippen molar-refractivity contribution < 1.29 is 9.84 Å². The van der Waals surface area contributed by atoms with Crippen LogP contribution in [-0.4, -0.2) is 28.2 Å². The minimum Gasteiger partial charge on any atom is -0.391 e. The second-order valence-corrected chi connectivity index (χ2v) is 5.17. The fourth-order valence-corrected chi connectivity index (χ4v) is 2.82. The van der Waals surface area contributed by atoms with Gasteiger partial charge in [0.15, 0.2) is 0 Å². The number of aliphatic hydroxyl groups is 1. The fraction of sp³-hybridized carbons (Fsp3) is 0.778. The van der Waals surface area contributed by atoms with E-state index >= 15 is 0 Å². The van der Waals surface area contributed by atoms with Crippen molar-refractivity contribution in [3.8, 4) is 0 Å². The van der Waals surface area contributed by atoms with Gasteiger partial charge in [-0.2, -0.15) is 0 Å². The molecule has 12 heavy (non-hydrogen) atoms. The van der Waals surface area contributed by atoms with Gasteiger partial charge in [-0.25, -0.2) is 0 Å². The molecule has 2 heterocycles. The van der Waals surface area contributed by atoms with Crippen LogP contribution in [0.4, 0.5) is 0 Å². The first-order valence-corrected chi connectivity index (χ1v) is 5.11. The SMILES string of the molecule is CC1(C)[C@H](O)[C@H](Br)[C@@H]2C=C[C@H]1O2. The summed E-state index contributed by atoms with van der Waals surface area (Å²) in [5.41, 5.74) is -0.183. The molecule has 0 unspecified atom stereocenters. The average molecular weight is 233 g/mol. The summed E-state index contributed by atoms with van der Waals surface area (Å²) < 4.78 is 5.68. The number of fused-ring (bicyclic) bond motifs is 2. The smallest absolute Gasteiger partial charge is 0.0915 e. The van der Waals surface area contributed by atoms with Crippen LogP contribution in [-0.2, 0) is 4.74 Å². The number of aliphatic hydroxyl groups excluding tert-OH is 1. The number of rotatable bonds is 0. The third-order valence-corrected chi connectivity index (χ3v) is 3.91. The lowest BCUT2D eigenvalue weighted by Gasteiger charge is -2.43. The molecule has 0 saturated carbocycles. The third kappa shape index (κ3) is 0.998. The summed E-state index contributed by atoms with van der Waals surface area (Å²) in [5, 5.41) is 9.92. The van der Waals surface area contributed by atoms with Crippen LogP contribution < -0.4 is 0 Å². The van der Waals surface area contributed by atoms with E-state index in [4.69, 9.17) is 4.74 Å². The van der Waals surface area contributed by atoms with E-state index in [1.807, 2.05) is 19.9 Å². The van der Waals surface area contributed by atoms with Gasteiger partial charge in [0.05, 0.1) is 23.1 Å². The van der Waals surface area contributed by atoms with Crippen LogP contribution in [0.5, 0.6) is 0 Å². The molecule has 2 bridgehead atoms. The van der Waals surface area contributed by atoms with Gasteiger partial charge < -0.3 is 9.84 Å². The van der Waals surface area contributed by atoms with Gasteiger partial charge in [0.2, 0.25) is 0 Å². The molecular weight excluding hydrogens is 220 g/mol. The van der Waals surface area contributed by atoms with Crippen molar-refractivity contribution in [1.29, 1.82) is 0 Å². The van der Waals surface area contributed by atoms with Crippen LogP contribution in [0, 0.1) is 5.41 Å². The Balaban J connectivity index is 2.32. The zero-order chi connectivity index (χ0) is 8.93. The quantitative estimate of drug-likeness (QED) is 0.507. The molecule has 68 valence electrons. The molecule has 1 fully saturated rings. The van der Waals surface area contributed by atoms with E-state index in [1.165, 1.54) is 0 Å². The summed E-state index contributed by atoms with van der Waals surface area (Å²) in [6, 6.07) is 0. The Bertz CT molecular complexity index is 225. The minimum atomic E-state index is -0.337. The van der Waals surface area contributed by atoms with E-state index in [0.717, 1.165) is 0 Å². The highest BCUT2D eigenvalue weighted by molar-refractivity contribution is 9.09. The number of hydrogen-bond donors (Lipinski definition) is 1. The number of halogens is 1. The molecule has 2 aliphatic rings. The maximum absolute atomic E-state index is 9.92. The molecule has 0 amide bonds. The summed E-state index contributed by atoms with van der Waals surface area (Å²) in [6.45, 7) is 4.06. The summed E-state index contributed by atoms with van der Waals surface area (Å²) in [4.78, 5) is 0.0301. The van der Waals surface area contributed by atoms with Gasteiger partial charge in [-0.15, -0.1) is 0 Å². The largest absolute Gasteiger partial charge is 0.391 e. The van der Waals surface area contributed by atoms with Gasteiger partial charge in [0, 0.05) is 5.41 Å². The predicted octanol–water partition coefficient (Wildman–Crippen LogP) is 1.47. The average Bonchev–Trinajstić information content (AvgIpc) is 2.46. The molecule has 0 aromatic carbocycles. The molecular formula is C9H13BrO2. The van der Waals surface area contributed by atoms with Crippen molar-refractivity contribution >= 4 is 15.9 Å². The predicted molar refractivity (Wildman–Crippen MR) is 50.3 cm³/mol. The Kier molecular flexibility index (Phi) is 1.86. The van der Waals surface area contributed by atoms with Gasteiger partial charge in [-0.05, 0) is 0 Å². The van der Waals surface area contributed by atoms with Gasteiger partial charge in [-0.3, -0.25) is 0 Å². The monoisotopic (exact) mass is 232 g/mol. The van der Waals surface area contributed by atoms with Crippen LogP contribution in [0.3, 0.4) is 0 Å². The molecule has 0 aromatic rings. The van der Waals surface area contributed by atoms with E-state index in [1.54, 1.807) is 0 Å². The third-order valence-electron chi connectivity index (χ3n) is 2.89. The molecule has 0 radical (unpaired) electrons. The molecule has 4 atom stereocenters. The van der Waals surface area contributed by atoms with Crippen molar-refractivity contribution in [2.24, 2.45) is 5.41 Å². The molecule has 3 heteroatoms. The fourth-order valence-electron chi connectivity index (χ4n) is 1.83. The number of ether oxygens (including phenoxy) is 1. The molecule has 1 saturated heterocycles. The highest BCUT2D eigenvalue weighted by Gasteiger charge is 2.50. The number of alkyl halides is 1. The molecule has 0 spiro atoms. The van der Waals surface area contributed by atoms with Gasteiger partial charge in [-0.1, -0.05) is 41.9 Å². The first-order chi connectivity index (χ1) is 5.53. The summed E-state index contributed by atoms with van der Waals surface area (Å²) in [5.74, 6) is 0. The normalized spacial score (nSPS) is 49.7. The van der Waals surface area contributed by atoms with E-state index in [0.29, 0.717) is 0 Å². The first kappa shape index (κ1) is 8.73. The topological polar surface area (TPSA) is 29.5 Å². The van der Waals surface area contributed by atoms with E-state index < -0.39 is 0 Å². The Morgan fingerprint density at radius 3 is 2.75 bits per heavy atom. The Hall–Kier alpha value is 0.140. The molecule has 2 nitrogen and oxygen atoms in total. The maximum atomic E-state index is 9.92.